The van der Waals surface area contributed by atoms with Crippen LogP contribution >= 0.6 is 0 Å². The highest BCUT2D eigenvalue weighted by atomic mass is 16.5. The minimum Gasteiger partial charge on any atom is -0.378 e. The van der Waals surface area contributed by atoms with Gasteiger partial charge in [-0.15, -0.1) is 0 Å². The van der Waals surface area contributed by atoms with Crippen LogP contribution in [-0.2, 0) is 4.74 Å². The second kappa shape index (κ2) is 7.46. The summed E-state index contributed by atoms with van der Waals surface area (Å²) in [7, 11) is 0. The smallest absolute Gasteiger partial charge is 0.0599 e. The van der Waals surface area contributed by atoms with Crippen molar-refractivity contribution in [3.05, 3.63) is 0 Å². The largest absolute Gasteiger partial charge is 0.378 e. The van der Waals surface area contributed by atoms with Crippen molar-refractivity contribution in [3.63, 3.8) is 0 Å². The Labute approximate surface area is 112 Å². The SMILES string of the molecule is CCN1CCC(COC2CCN(CC)CC2)CC1. The summed E-state index contributed by atoms with van der Waals surface area (Å²) in [4.78, 5) is 5.08. The number of hydrogen-bond acceptors (Lipinski definition) is 3. The fourth-order valence-corrected chi connectivity index (χ4v) is 3.13. The van der Waals surface area contributed by atoms with Crippen LogP contribution in [0, 0.1) is 5.92 Å². The normalized spacial score (nSPS) is 25.7. The van der Waals surface area contributed by atoms with Gasteiger partial charge in [0.25, 0.3) is 0 Å². The molecule has 2 saturated heterocycles. The molecule has 0 aromatic rings. The fourth-order valence-electron chi connectivity index (χ4n) is 3.13. The number of rotatable bonds is 5. The predicted octanol–water partition coefficient (Wildman–Crippen LogP) is 2.22. The zero-order valence-corrected chi connectivity index (χ0v) is 12.2. The zero-order chi connectivity index (χ0) is 12.8. The summed E-state index contributed by atoms with van der Waals surface area (Å²) in [6, 6.07) is 0. The van der Waals surface area contributed by atoms with E-state index in [2.05, 4.69) is 23.6 Å². The fraction of sp³-hybridized carbons (Fsp3) is 1.00. The Kier molecular flexibility index (Phi) is 5.93. The lowest BCUT2D eigenvalue weighted by atomic mass is 9.97. The van der Waals surface area contributed by atoms with Crippen LogP contribution in [0.4, 0.5) is 0 Å². The lowest BCUT2D eigenvalue weighted by Crippen LogP contribution is -2.38. The van der Waals surface area contributed by atoms with Crippen molar-refractivity contribution >= 4 is 0 Å². The molecule has 2 aliphatic heterocycles. The minimum absolute atomic E-state index is 0.539. The number of ether oxygens (including phenoxy) is 1. The van der Waals surface area contributed by atoms with Gasteiger partial charge in [0.2, 0.25) is 0 Å². The monoisotopic (exact) mass is 254 g/mol. The Morgan fingerprint density at radius 3 is 1.83 bits per heavy atom. The number of nitrogens with zero attached hydrogens (tertiary/aromatic N) is 2. The van der Waals surface area contributed by atoms with Gasteiger partial charge in [-0.3, -0.25) is 0 Å². The van der Waals surface area contributed by atoms with Gasteiger partial charge in [0.05, 0.1) is 6.10 Å². The van der Waals surface area contributed by atoms with Crippen molar-refractivity contribution in [1.29, 1.82) is 0 Å². The molecule has 2 fully saturated rings. The zero-order valence-electron chi connectivity index (χ0n) is 12.2. The molecule has 3 nitrogen and oxygen atoms in total. The molecule has 0 unspecified atom stereocenters. The summed E-state index contributed by atoms with van der Waals surface area (Å²) in [6.07, 6.45) is 5.68. The third kappa shape index (κ3) is 4.22. The number of hydrogen-bond donors (Lipinski definition) is 0. The van der Waals surface area contributed by atoms with E-state index < -0.39 is 0 Å². The van der Waals surface area contributed by atoms with Crippen LogP contribution in [0.1, 0.15) is 39.5 Å². The van der Waals surface area contributed by atoms with E-state index in [0.717, 1.165) is 12.5 Å². The molecule has 18 heavy (non-hydrogen) atoms. The Morgan fingerprint density at radius 2 is 1.33 bits per heavy atom. The van der Waals surface area contributed by atoms with Crippen molar-refractivity contribution < 1.29 is 4.74 Å². The summed E-state index contributed by atoms with van der Waals surface area (Å²) >= 11 is 0. The summed E-state index contributed by atoms with van der Waals surface area (Å²) in [5.74, 6) is 0.817. The van der Waals surface area contributed by atoms with Gasteiger partial charge in [0.15, 0.2) is 0 Å². The first kappa shape index (κ1) is 14.3. The van der Waals surface area contributed by atoms with Crippen LogP contribution in [0.15, 0.2) is 0 Å². The highest BCUT2D eigenvalue weighted by molar-refractivity contribution is 4.74. The molecule has 2 rings (SSSR count). The molecule has 0 saturated carbocycles. The summed E-state index contributed by atoms with van der Waals surface area (Å²) < 4.78 is 6.14. The molecule has 0 bridgehead atoms. The van der Waals surface area contributed by atoms with E-state index in [1.807, 2.05) is 0 Å². The molecule has 2 aliphatic rings. The average Bonchev–Trinajstić information content (AvgIpc) is 2.46. The van der Waals surface area contributed by atoms with Gasteiger partial charge < -0.3 is 14.5 Å². The molecule has 106 valence electrons. The molecule has 0 N–H and O–H groups in total. The highest BCUT2D eigenvalue weighted by Crippen LogP contribution is 2.20. The van der Waals surface area contributed by atoms with Crippen molar-refractivity contribution in [2.24, 2.45) is 5.92 Å². The van der Waals surface area contributed by atoms with Crippen LogP contribution in [0.2, 0.25) is 0 Å². The molecule has 2 heterocycles. The molecule has 0 atom stereocenters. The standard InChI is InChI=1S/C15H30N2O/c1-3-16-9-5-14(6-10-16)13-18-15-7-11-17(4-2)12-8-15/h14-15H,3-13H2,1-2H3. The number of piperidine rings is 2. The van der Waals surface area contributed by atoms with Crippen LogP contribution in [0.5, 0.6) is 0 Å². The van der Waals surface area contributed by atoms with E-state index in [1.165, 1.54) is 65.0 Å². The summed E-state index contributed by atoms with van der Waals surface area (Å²) in [6.45, 7) is 12.9. The molecule has 0 aliphatic carbocycles. The summed E-state index contributed by atoms with van der Waals surface area (Å²) in [5, 5.41) is 0. The average molecular weight is 254 g/mol. The van der Waals surface area contributed by atoms with E-state index in [9.17, 15) is 0 Å². The maximum Gasteiger partial charge on any atom is 0.0599 e. The van der Waals surface area contributed by atoms with E-state index in [4.69, 9.17) is 4.74 Å². The molecule has 0 spiro atoms. The third-order valence-corrected chi connectivity index (χ3v) is 4.70. The van der Waals surface area contributed by atoms with Crippen molar-refractivity contribution in [1.82, 2.24) is 9.80 Å². The second-order valence-corrected chi connectivity index (χ2v) is 5.84. The Morgan fingerprint density at radius 1 is 0.833 bits per heavy atom. The molecule has 0 amide bonds. The maximum absolute atomic E-state index is 6.14. The van der Waals surface area contributed by atoms with E-state index in [1.54, 1.807) is 0 Å². The predicted molar refractivity (Wildman–Crippen MR) is 75.9 cm³/mol. The lowest BCUT2D eigenvalue weighted by Gasteiger charge is -2.34. The van der Waals surface area contributed by atoms with Crippen LogP contribution in [0.25, 0.3) is 0 Å². The van der Waals surface area contributed by atoms with Crippen LogP contribution in [0.3, 0.4) is 0 Å². The molecule has 0 aromatic heterocycles. The minimum atomic E-state index is 0.539. The molecule has 3 heteroatoms. The van der Waals surface area contributed by atoms with E-state index in [-0.39, 0.29) is 0 Å². The third-order valence-electron chi connectivity index (χ3n) is 4.70. The Balaban J connectivity index is 1.58. The first-order valence-electron chi connectivity index (χ1n) is 7.88. The van der Waals surface area contributed by atoms with Crippen LogP contribution < -0.4 is 0 Å². The topological polar surface area (TPSA) is 15.7 Å². The van der Waals surface area contributed by atoms with Crippen molar-refractivity contribution in [2.75, 3.05) is 45.9 Å². The quantitative estimate of drug-likeness (QED) is 0.748. The molecular weight excluding hydrogens is 224 g/mol. The number of likely N-dealkylation sites (tertiary alicyclic amines) is 2. The van der Waals surface area contributed by atoms with E-state index >= 15 is 0 Å². The van der Waals surface area contributed by atoms with E-state index in [0.29, 0.717) is 6.10 Å². The van der Waals surface area contributed by atoms with Gasteiger partial charge in [-0.1, -0.05) is 13.8 Å². The summed E-state index contributed by atoms with van der Waals surface area (Å²) in [5.41, 5.74) is 0. The van der Waals surface area contributed by atoms with Gasteiger partial charge in [0.1, 0.15) is 0 Å². The van der Waals surface area contributed by atoms with Crippen molar-refractivity contribution in [3.8, 4) is 0 Å². The molecular formula is C15H30N2O. The van der Waals surface area contributed by atoms with Gasteiger partial charge >= 0.3 is 0 Å². The highest BCUT2D eigenvalue weighted by Gasteiger charge is 2.22. The van der Waals surface area contributed by atoms with Gasteiger partial charge in [-0.25, -0.2) is 0 Å². The second-order valence-electron chi connectivity index (χ2n) is 5.84. The van der Waals surface area contributed by atoms with Crippen LogP contribution in [-0.4, -0.2) is 61.8 Å². The lowest BCUT2D eigenvalue weighted by molar-refractivity contribution is -0.0182. The molecule has 0 radical (unpaired) electrons. The Hall–Kier alpha value is -0.120. The first-order chi connectivity index (χ1) is 8.81. The Bertz CT molecular complexity index is 195. The van der Waals surface area contributed by atoms with Gasteiger partial charge in [-0.2, -0.15) is 0 Å². The van der Waals surface area contributed by atoms with Crippen molar-refractivity contribution in [2.45, 2.75) is 45.6 Å². The van der Waals surface area contributed by atoms with Gasteiger partial charge in [0, 0.05) is 19.7 Å². The maximum atomic E-state index is 6.14. The van der Waals surface area contributed by atoms with Gasteiger partial charge in [-0.05, 0) is 57.8 Å². The first-order valence-corrected chi connectivity index (χ1v) is 7.88. The molecule has 0 aromatic carbocycles.